The van der Waals surface area contributed by atoms with E-state index in [1.807, 2.05) is 0 Å². The maximum atomic E-state index is 7.00. The lowest BCUT2D eigenvalue weighted by molar-refractivity contribution is 0.475. The fourth-order valence-corrected chi connectivity index (χ4v) is 8.61. The van der Waals surface area contributed by atoms with Gasteiger partial charge in [0.15, 0.2) is 0 Å². The van der Waals surface area contributed by atoms with Gasteiger partial charge in [-0.3, -0.25) is 0 Å². The van der Waals surface area contributed by atoms with E-state index >= 15 is 0 Å². The number of rotatable bonds is 6. The molecule has 1 unspecified atom stereocenters. The maximum Gasteiger partial charge on any atom is 0.143 e. The molecule has 9 rings (SSSR count). The van der Waals surface area contributed by atoms with Crippen LogP contribution in [0.15, 0.2) is 138 Å². The minimum Gasteiger partial charge on any atom is -0.455 e. The molecule has 8 aromatic rings. The number of benzene rings is 7. The van der Waals surface area contributed by atoms with Crippen LogP contribution in [0.4, 0.5) is 17.1 Å². The lowest BCUT2D eigenvalue weighted by Gasteiger charge is -2.36. The summed E-state index contributed by atoms with van der Waals surface area (Å²) in [5.74, 6) is 0.106. The van der Waals surface area contributed by atoms with Gasteiger partial charge in [-0.1, -0.05) is 98.8 Å². The summed E-state index contributed by atoms with van der Waals surface area (Å²) in [4.78, 5) is 2.45. The zero-order valence-corrected chi connectivity index (χ0v) is 31.0. The summed E-state index contributed by atoms with van der Waals surface area (Å²) in [6.07, 6.45) is 2.09. The molecule has 0 aliphatic heterocycles. The lowest BCUT2D eigenvalue weighted by Crippen LogP contribution is -2.24. The van der Waals surface area contributed by atoms with Crippen LogP contribution in [-0.4, -0.2) is 0 Å². The normalized spacial score (nSPS) is 14.3. The van der Waals surface area contributed by atoms with Gasteiger partial charge in [-0.15, -0.1) is 0 Å². The average Bonchev–Trinajstić information content (AvgIpc) is 3.52. The van der Waals surface area contributed by atoms with Crippen LogP contribution in [0.2, 0.25) is 0 Å². The van der Waals surface area contributed by atoms with Gasteiger partial charge in [0.25, 0.3) is 0 Å². The summed E-state index contributed by atoms with van der Waals surface area (Å²) < 4.78 is 7.00. The molecule has 0 spiro atoms. The number of hydrogen-bond donors (Lipinski definition) is 0. The Morgan fingerprint density at radius 3 is 1.94 bits per heavy atom. The summed E-state index contributed by atoms with van der Waals surface area (Å²) in [5, 5.41) is 4.94. The quantitative estimate of drug-likeness (QED) is 0.163. The molecule has 0 amide bonds. The molecule has 0 fully saturated rings. The van der Waals surface area contributed by atoms with E-state index in [9.17, 15) is 0 Å². The second-order valence-corrected chi connectivity index (χ2v) is 15.7. The van der Waals surface area contributed by atoms with Crippen LogP contribution in [0.1, 0.15) is 76.3 Å². The van der Waals surface area contributed by atoms with Crippen LogP contribution in [0.25, 0.3) is 32.7 Å². The van der Waals surface area contributed by atoms with Crippen LogP contribution < -0.4 is 4.90 Å². The van der Waals surface area contributed by atoms with Crippen LogP contribution >= 0.6 is 0 Å². The van der Waals surface area contributed by atoms with Crippen molar-refractivity contribution >= 4 is 49.8 Å². The molecule has 2 heteroatoms. The van der Waals surface area contributed by atoms with E-state index in [1.165, 1.54) is 88.7 Å². The van der Waals surface area contributed by atoms with Crippen LogP contribution in [0.5, 0.6) is 0 Å². The Morgan fingerprint density at radius 2 is 1.21 bits per heavy atom. The summed E-state index contributed by atoms with van der Waals surface area (Å²) in [5.41, 5.74) is 17.4. The fraction of sp³-hybridized carbons (Fsp3) is 0.200. The van der Waals surface area contributed by atoms with Gasteiger partial charge in [0, 0.05) is 39.1 Å². The standard InChI is InChI=1S/C50H45NO/c1-31-17-19-36(27-33(31)3)47(35-13-9-7-10-14-35)37-20-22-40-43-30-44-48-41(25-26-50(44,5)6)45(24-23-42(48)49(43)52-46(40)29-37)51(38-15-11-8-12-16-38)39-21-18-32(2)34(4)28-39/h7-24,27-30,47H,25-26H2,1-6H3. The first kappa shape index (κ1) is 32.3. The molecule has 0 saturated heterocycles. The Hall–Kier alpha value is -5.60. The van der Waals surface area contributed by atoms with Crippen LogP contribution in [0.3, 0.4) is 0 Å². The Labute approximate surface area is 307 Å². The van der Waals surface area contributed by atoms with E-state index in [0.717, 1.165) is 24.0 Å². The Balaban J connectivity index is 1.27. The molecule has 2 nitrogen and oxygen atoms in total. The van der Waals surface area contributed by atoms with Crippen molar-refractivity contribution in [2.75, 3.05) is 4.90 Å². The monoisotopic (exact) mass is 675 g/mol. The van der Waals surface area contributed by atoms with Crippen molar-refractivity contribution in [3.63, 3.8) is 0 Å². The zero-order valence-electron chi connectivity index (χ0n) is 31.0. The van der Waals surface area contributed by atoms with Gasteiger partial charge in [0.2, 0.25) is 0 Å². The molecule has 1 aliphatic rings. The molecule has 0 saturated carbocycles. The summed E-state index contributed by atoms with van der Waals surface area (Å²) >= 11 is 0. The van der Waals surface area contributed by atoms with Gasteiger partial charge in [-0.2, -0.15) is 0 Å². The second kappa shape index (κ2) is 12.3. The highest BCUT2D eigenvalue weighted by Gasteiger charge is 2.33. The summed E-state index contributed by atoms with van der Waals surface area (Å²) in [7, 11) is 0. The number of fused-ring (bicyclic) bond motifs is 4. The van der Waals surface area contributed by atoms with Gasteiger partial charge in [0.1, 0.15) is 11.2 Å². The third-order valence-corrected chi connectivity index (χ3v) is 11.9. The number of hydrogen-bond acceptors (Lipinski definition) is 2. The maximum absolute atomic E-state index is 7.00. The van der Waals surface area contributed by atoms with Gasteiger partial charge in [-0.05, 0) is 150 Å². The molecular weight excluding hydrogens is 631 g/mol. The highest BCUT2D eigenvalue weighted by Crippen LogP contribution is 2.50. The van der Waals surface area contributed by atoms with Crippen molar-refractivity contribution in [1.82, 2.24) is 0 Å². The fourth-order valence-electron chi connectivity index (χ4n) is 8.61. The molecule has 0 radical (unpaired) electrons. The van der Waals surface area contributed by atoms with Gasteiger partial charge in [0.05, 0.1) is 0 Å². The molecule has 256 valence electrons. The molecule has 1 heterocycles. The Bertz CT molecular complexity index is 2640. The average molecular weight is 676 g/mol. The van der Waals surface area contributed by atoms with Crippen molar-refractivity contribution in [3.8, 4) is 0 Å². The number of para-hydroxylation sites is 1. The smallest absolute Gasteiger partial charge is 0.143 e. The van der Waals surface area contributed by atoms with E-state index in [2.05, 4.69) is 180 Å². The Morgan fingerprint density at radius 1 is 0.558 bits per heavy atom. The lowest BCUT2D eigenvalue weighted by atomic mass is 9.71. The summed E-state index contributed by atoms with van der Waals surface area (Å²) in [6, 6.07) is 49.5. The summed E-state index contributed by atoms with van der Waals surface area (Å²) in [6.45, 7) is 13.6. The predicted octanol–water partition coefficient (Wildman–Crippen LogP) is 13.8. The van der Waals surface area contributed by atoms with Crippen LogP contribution in [-0.2, 0) is 11.8 Å². The first-order valence-corrected chi connectivity index (χ1v) is 18.7. The largest absolute Gasteiger partial charge is 0.455 e. The second-order valence-electron chi connectivity index (χ2n) is 15.7. The van der Waals surface area contributed by atoms with Crippen molar-refractivity contribution in [3.05, 3.63) is 184 Å². The first-order chi connectivity index (χ1) is 25.2. The molecule has 1 atom stereocenters. The van der Waals surface area contributed by atoms with Gasteiger partial charge >= 0.3 is 0 Å². The van der Waals surface area contributed by atoms with E-state index in [-0.39, 0.29) is 11.3 Å². The number of furan rings is 1. The zero-order chi connectivity index (χ0) is 35.7. The number of anilines is 3. The highest BCUT2D eigenvalue weighted by atomic mass is 16.3. The molecule has 52 heavy (non-hydrogen) atoms. The topological polar surface area (TPSA) is 16.4 Å². The minimum atomic E-state index is 0.0291. The van der Waals surface area contributed by atoms with E-state index in [4.69, 9.17) is 4.42 Å². The van der Waals surface area contributed by atoms with E-state index in [0.29, 0.717) is 0 Å². The van der Waals surface area contributed by atoms with Crippen molar-refractivity contribution in [2.45, 2.75) is 65.7 Å². The minimum absolute atomic E-state index is 0.0291. The molecular formula is C50H45NO. The van der Waals surface area contributed by atoms with E-state index in [1.54, 1.807) is 0 Å². The molecule has 7 aromatic carbocycles. The molecule has 1 aliphatic carbocycles. The van der Waals surface area contributed by atoms with Crippen LogP contribution in [0, 0.1) is 27.7 Å². The highest BCUT2D eigenvalue weighted by molar-refractivity contribution is 6.18. The number of aryl methyl sites for hydroxylation is 5. The Kier molecular flexibility index (Phi) is 7.63. The molecule has 0 N–H and O–H groups in total. The number of nitrogens with zero attached hydrogens (tertiary/aromatic N) is 1. The van der Waals surface area contributed by atoms with Crippen molar-refractivity contribution in [2.24, 2.45) is 0 Å². The van der Waals surface area contributed by atoms with Crippen molar-refractivity contribution in [1.29, 1.82) is 0 Å². The van der Waals surface area contributed by atoms with Crippen molar-refractivity contribution < 1.29 is 4.42 Å². The third kappa shape index (κ3) is 5.23. The third-order valence-electron chi connectivity index (χ3n) is 11.9. The molecule has 1 aromatic heterocycles. The van der Waals surface area contributed by atoms with Gasteiger partial charge in [-0.25, -0.2) is 0 Å². The van der Waals surface area contributed by atoms with E-state index < -0.39 is 0 Å². The SMILES string of the molecule is Cc1ccc(C(c2ccccc2)c2ccc3c(c2)oc2c4ccc(N(c5ccccc5)c5ccc(C)c(C)c5)c5c4c(cc32)C(C)(C)CC5)cc1C. The van der Waals surface area contributed by atoms with Gasteiger partial charge < -0.3 is 9.32 Å². The molecule has 0 bridgehead atoms. The predicted molar refractivity (Wildman–Crippen MR) is 220 cm³/mol. The first-order valence-electron chi connectivity index (χ1n) is 18.7.